The van der Waals surface area contributed by atoms with Crippen molar-refractivity contribution in [1.29, 1.82) is 0 Å². The topological polar surface area (TPSA) is 66.9 Å². The number of aromatic nitrogens is 2. The van der Waals surface area contributed by atoms with Gasteiger partial charge in [0.1, 0.15) is 18.0 Å². The minimum atomic E-state index is -0.300. The lowest BCUT2D eigenvalue weighted by Gasteiger charge is -2.09. The predicted octanol–water partition coefficient (Wildman–Crippen LogP) is 6.24. The fourth-order valence-corrected chi connectivity index (χ4v) is 3.11. The molecule has 5 nitrogen and oxygen atoms in total. The molecule has 3 aromatic carbocycles. The quantitative estimate of drug-likeness (QED) is 0.391. The number of anilines is 3. The van der Waals surface area contributed by atoms with Gasteiger partial charge in [-0.1, -0.05) is 17.7 Å². The summed E-state index contributed by atoms with van der Waals surface area (Å²) < 4.78 is 13.1. The lowest BCUT2D eigenvalue weighted by atomic mass is 10.1. The zero-order chi connectivity index (χ0) is 21.8. The van der Waals surface area contributed by atoms with Gasteiger partial charge in [-0.15, -0.1) is 0 Å². The summed E-state index contributed by atoms with van der Waals surface area (Å²) in [6.45, 7) is 1.90. The van der Waals surface area contributed by atoms with Gasteiger partial charge >= 0.3 is 0 Å². The Morgan fingerprint density at radius 3 is 2.32 bits per heavy atom. The molecule has 0 aliphatic rings. The number of carbonyl (C=O) groups is 1. The third-order valence-electron chi connectivity index (χ3n) is 4.66. The van der Waals surface area contributed by atoms with Gasteiger partial charge in [0.25, 0.3) is 5.91 Å². The van der Waals surface area contributed by atoms with Crippen LogP contribution < -0.4 is 10.6 Å². The summed E-state index contributed by atoms with van der Waals surface area (Å²) >= 11 is 6.11. The van der Waals surface area contributed by atoms with E-state index in [1.165, 1.54) is 18.5 Å². The maximum atomic E-state index is 13.1. The second-order valence-electron chi connectivity index (χ2n) is 6.92. The third-order valence-corrected chi connectivity index (χ3v) is 5.06. The van der Waals surface area contributed by atoms with E-state index in [-0.39, 0.29) is 11.7 Å². The van der Waals surface area contributed by atoms with Crippen molar-refractivity contribution in [2.45, 2.75) is 6.92 Å². The molecule has 0 fully saturated rings. The first kappa shape index (κ1) is 20.5. The van der Waals surface area contributed by atoms with E-state index in [4.69, 9.17) is 11.6 Å². The smallest absolute Gasteiger partial charge is 0.255 e. The molecule has 0 aliphatic carbocycles. The van der Waals surface area contributed by atoms with Crippen LogP contribution in [0.25, 0.3) is 11.3 Å². The van der Waals surface area contributed by atoms with Gasteiger partial charge < -0.3 is 10.6 Å². The maximum Gasteiger partial charge on any atom is 0.255 e. The van der Waals surface area contributed by atoms with Crippen molar-refractivity contribution in [3.63, 3.8) is 0 Å². The van der Waals surface area contributed by atoms with Crippen LogP contribution in [-0.2, 0) is 0 Å². The second kappa shape index (κ2) is 8.93. The van der Waals surface area contributed by atoms with Gasteiger partial charge in [-0.25, -0.2) is 14.4 Å². The summed E-state index contributed by atoms with van der Waals surface area (Å²) in [6.07, 6.45) is 1.44. The average Bonchev–Trinajstić information content (AvgIpc) is 2.77. The molecule has 0 atom stereocenters. The second-order valence-corrected chi connectivity index (χ2v) is 7.32. The van der Waals surface area contributed by atoms with Crippen LogP contribution in [-0.4, -0.2) is 15.9 Å². The normalized spacial score (nSPS) is 10.5. The lowest BCUT2D eigenvalue weighted by molar-refractivity contribution is 0.102. The van der Waals surface area contributed by atoms with Gasteiger partial charge in [0.15, 0.2) is 0 Å². The molecule has 0 radical (unpaired) electrons. The first-order valence-electron chi connectivity index (χ1n) is 9.50. The number of halogens is 2. The van der Waals surface area contributed by atoms with Crippen LogP contribution in [0.15, 0.2) is 79.1 Å². The number of carbonyl (C=O) groups excluding carboxylic acids is 1. The summed E-state index contributed by atoms with van der Waals surface area (Å²) in [5.41, 5.74) is 4.32. The Morgan fingerprint density at radius 1 is 0.903 bits per heavy atom. The first-order valence-corrected chi connectivity index (χ1v) is 9.88. The molecule has 4 rings (SSSR count). The molecule has 0 saturated heterocycles. The van der Waals surface area contributed by atoms with Crippen molar-refractivity contribution >= 4 is 34.7 Å². The van der Waals surface area contributed by atoms with Crippen LogP contribution in [0.3, 0.4) is 0 Å². The van der Waals surface area contributed by atoms with Gasteiger partial charge in [-0.05, 0) is 73.2 Å². The maximum absolute atomic E-state index is 13.1. The van der Waals surface area contributed by atoms with E-state index in [1.807, 2.05) is 19.1 Å². The molecule has 0 spiro atoms. The molecule has 154 valence electrons. The molecule has 2 N–H and O–H groups in total. The zero-order valence-electron chi connectivity index (χ0n) is 16.6. The molecule has 4 aromatic rings. The Hall–Kier alpha value is -3.77. The largest absolute Gasteiger partial charge is 0.340 e. The fourth-order valence-electron chi connectivity index (χ4n) is 2.93. The average molecular weight is 433 g/mol. The van der Waals surface area contributed by atoms with Crippen molar-refractivity contribution in [2.24, 2.45) is 0 Å². The molecule has 31 heavy (non-hydrogen) atoms. The minimum absolute atomic E-state index is 0.230. The summed E-state index contributed by atoms with van der Waals surface area (Å²) in [4.78, 5) is 20.9. The van der Waals surface area contributed by atoms with E-state index in [1.54, 1.807) is 48.5 Å². The molecular formula is C24H18ClFN4O. The van der Waals surface area contributed by atoms with Gasteiger partial charge in [-0.2, -0.15) is 0 Å². The van der Waals surface area contributed by atoms with Gasteiger partial charge in [0, 0.05) is 33.6 Å². The number of hydrogen-bond donors (Lipinski definition) is 2. The highest BCUT2D eigenvalue weighted by molar-refractivity contribution is 6.31. The van der Waals surface area contributed by atoms with Gasteiger partial charge in [-0.3, -0.25) is 4.79 Å². The number of rotatable bonds is 5. The number of hydrogen-bond acceptors (Lipinski definition) is 4. The number of nitrogens with one attached hydrogen (secondary N) is 2. The monoisotopic (exact) mass is 432 g/mol. The Kier molecular flexibility index (Phi) is 5.91. The SMILES string of the molecule is Cc1ccc(NC(=O)c2ccc(Nc3cc(-c4ccc(F)cc4)ncn3)cc2)cc1Cl. The van der Waals surface area contributed by atoms with Crippen LogP contribution in [0.5, 0.6) is 0 Å². The third kappa shape index (κ3) is 5.05. The van der Waals surface area contributed by atoms with Crippen LogP contribution in [0.2, 0.25) is 5.02 Å². The molecule has 1 amide bonds. The number of aryl methyl sites for hydroxylation is 1. The van der Waals surface area contributed by atoms with Crippen LogP contribution in [0.4, 0.5) is 21.6 Å². The molecule has 0 aliphatic heterocycles. The molecule has 1 aromatic heterocycles. The van der Waals surface area contributed by atoms with Gasteiger partial charge in [0.05, 0.1) is 5.69 Å². The van der Waals surface area contributed by atoms with Gasteiger partial charge in [0.2, 0.25) is 0 Å². The highest BCUT2D eigenvalue weighted by Crippen LogP contribution is 2.23. The summed E-state index contributed by atoms with van der Waals surface area (Å²) in [5.74, 6) is 0.0543. The Labute approximate surface area is 184 Å². The Balaban J connectivity index is 1.45. The fraction of sp³-hybridized carbons (Fsp3) is 0.0417. The predicted molar refractivity (Wildman–Crippen MR) is 121 cm³/mol. The van der Waals surface area contributed by atoms with E-state index in [2.05, 4.69) is 20.6 Å². The Morgan fingerprint density at radius 2 is 1.61 bits per heavy atom. The van der Waals surface area contributed by atoms with E-state index in [9.17, 15) is 9.18 Å². The number of nitrogens with zero attached hydrogens (tertiary/aromatic N) is 2. The molecule has 1 heterocycles. The van der Waals surface area contributed by atoms with Crippen LogP contribution in [0.1, 0.15) is 15.9 Å². The van der Waals surface area contributed by atoms with Crippen LogP contribution in [0, 0.1) is 12.7 Å². The summed E-state index contributed by atoms with van der Waals surface area (Å²) in [6, 6.07) is 20.3. The van der Waals surface area contributed by atoms with Crippen molar-refractivity contribution in [3.8, 4) is 11.3 Å². The highest BCUT2D eigenvalue weighted by Gasteiger charge is 2.08. The van der Waals surface area contributed by atoms with E-state index >= 15 is 0 Å². The standard InChI is InChI=1S/C24H18ClFN4O/c1-15-2-9-20(12-21(15)25)30-24(31)17-5-10-19(11-6-17)29-23-13-22(27-14-28-23)16-3-7-18(26)8-4-16/h2-14H,1H3,(H,30,31)(H,27,28,29). The zero-order valence-corrected chi connectivity index (χ0v) is 17.3. The summed E-state index contributed by atoms with van der Waals surface area (Å²) in [7, 11) is 0. The summed E-state index contributed by atoms with van der Waals surface area (Å²) in [5, 5.41) is 6.61. The lowest BCUT2D eigenvalue weighted by Crippen LogP contribution is -2.11. The molecule has 7 heteroatoms. The van der Waals surface area contributed by atoms with Crippen molar-refractivity contribution in [1.82, 2.24) is 9.97 Å². The molecule has 0 saturated carbocycles. The van der Waals surface area contributed by atoms with E-state index in [0.29, 0.717) is 27.8 Å². The highest BCUT2D eigenvalue weighted by atomic mass is 35.5. The minimum Gasteiger partial charge on any atom is -0.340 e. The number of benzene rings is 3. The molecule has 0 bridgehead atoms. The van der Waals surface area contributed by atoms with Crippen molar-refractivity contribution in [2.75, 3.05) is 10.6 Å². The Bertz CT molecular complexity index is 1230. The number of amides is 1. The van der Waals surface area contributed by atoms with E-state index < -0.39 is 0 Å². The molecule has 0 unspecified atom stereocenters. The molecular weight excluding hydrogens is 415 g/mol. The van der Waals surface area contributed by atoms with E-state index in [0.717, 1.165) is 16.8 Å². The van der Waals surface area contributed by atoms with Crippen molar-refractivity contribution in [3.05, 3.63) is 101 Å². The first-order chi connectivity index (χ1) is 15.0. The van der Waals surface area contributed by atoms with Crippen LogP contribution >= 0.6 is 11.6 Å². The van der Waals surface area contributed by atoms with Crippen molar-refractivity contribution < 1.29 is 9.18 Å².